The Bertz CT molecular complexity index is 1280. The van der Waals surface area contributed by atoms with Crippen molar-refractivity contribution in [2.75, 3.05) is 4.90 Å². The van der Waals surface area contributed by atoms with Gasteiger partial charge in [-0.15, -0.1) is 0 Å². The summed E-state index contributed by atoms with van der Waals surface area (Å²) < 4.78 is 16.2. The van der Waals surface area contributed by atoms with Crippen molar-refractivity contribution in [2.45, 2.75) is 25.9 Å². The van der Waals surface area contributed by atoms with Crippen LogP contribution in [0.1, 0.15) is 34.6 Å². The Labute approximate surface area is 192 Å². The van der Waals surface area contributed by atoms with E-state index in [0.29, 0.717) is 10.7 Å². The number of rotatable bonds is 4. The van der Waals surface area contributed by atoms with Crippen LogP contribution in [0.2, 0.25) is 0 Å². The summed E-state index contributed by atoms with van der Waals surface area (Å²) in [5.41, 5.74) is 5.70. The lowest BCUT2D eigenvalue weighted by Crippen LogP contribution is -2.30. The summed E-state index contributed by atoms with van der Waals surface area (Å²) in [6.07, 6.45) is 3.87. The average Bonchev–Trinajstić information content (AvgIpc) is 3.41. The number of nitrogens with one attached hydrogen (secondary N) is 1. The van der Waals surface area contributed by atoms with Crippen LogP contribution in [0.25, 0.3) is 5.69 Å². The summed E-state index contributed by atoms with van der Waals surface area (Å²) in [4.78, 5) is 6.69. The van der Waals surface area contributed by atoms with E-state index in [1.165, 1.54) is 11.6 Å². The molecular weight excluding hydrogens is 419 g/mol. The van der Waals surface area contributed by atoms with E-state index in [1.807, 2.05) is 42.5 Å². The van der Waals surface area contributed by atoms with Gasteiger partial charge in [-0.2, -0.15) is 0 Å². The normalized spacial score (nSPS) is 18.1. The fourth-order valence-electron chi connectivity index (χ4n) is 4.40. The highest BCUT2D eigenvalue weighted by Crippen LogP contribution is 2.42. The van der Waals surface area contributed by atoms with Crippen molar-refractivity contribution in [3.8, 4) is 5.69 Å². The zero-order chi connectivity index (χ0) is 22.2. The number of hydrogen-bond donors (Lipinski definition) is 1. The summed E-state index contributed by atoms with van der Waals surface area (Å²) in [5, 5.41) is 4.06. The van der Waals surface area contributed by atoms with Crippen molar-refractivity contribution < 1.29 is 4.39 Å². The first-order valence-corrected chi connectivity index (χ1v) is 11.0. The lowest BCUT2D eigenvalue weighted by molar-refractivity contribution is 0.548. The zero-order valence-electron chi connectivity index (χ0n) is 17.9. The van der Waals surface area contributed by atoms with Crippen molar-refractivity contribution in [3.05, 3.63) is 114 Å². The lowest BCUT2D eigenvalue weighted by atomic mass is 10.00. The van der Waals surface area contributed by atoms with E-state index in [2.05, 4.69) is 51.1 Å². The number of nitrogens with zero attached hydrogens (tertiary/aromatic N) is 3. The molecule has 4 nitrogen and oxygen atoms in total. The molecule has 1 aliphatic heterocycles. The molecule has 2 aromatic heterocycles. The van der Waals surface area contributed by atoms with E-state index in [0.717, 1.165) is 22.8 Å². The van der Waals surface area contributed by atoms with E-state index in [4.69, 9.17) is 12.2 Å². The third kappa shape index (κ3) is 3.46. The van der Waals surface area contributed by atoms with Crippen molar-refractivity contribution in [1.82, 2.24) is 14.9 Å². The predicted molar refractivity (Wildman–Crippen MR) is 130 cm³/mol. The summed E-state index contributed by atoms with van der Waals surface area (Å²) in [7, 11) is 0. The van der Waals surface area contributed by atoms with Crippen LogP contribution >= 0.6 is 12.2 Å². The Kier molecular flexibility index (Phi) is 5.23. The highest BCUT2D eigenvalue weighted by atomic mass is 32.1. The van der Waals surface area contributed by atoms with Crippen molar-refractivity contribution in [2.24, 2.45) is 0 Å². The standard InChI is InChI=1S/C26H23FN4S/c1-17-8-3-4-10-22(17)30-15-7-11-23(30)25-24(21-9-5-6-14-28-21)29-26(32)31(25)19-12-13-20(27)18(2)16-19/h3-16,24-25H,1-2H3,(H,29,32)/t24-,25-/m1/s1. The predicted octanol–water partition coefficient (Wildman–Crippen LogP) is 5.81. The topological polar surface area (TPSA) is 33.1 Å². The second kappa shape index (κ2) is 8.20. The first kappa shape index (κ1) is 20.4. The fraction of sp³-hybridized carbons (Fsp3) is 0.154. The SMILES string of the molecule is Cc1cc(N2C(=S)N[C@H](c3ccccn3)[C@H]2c2cccn2-c2ccccc2C)ccc1F. The van der Waals surface area contributed by atoms with E-state index in [9.17, 15) is 4.39 Å². The van der Waals surface area contributed by atoms with Crippen molar-refractivity contribution >= 4 is 23.0 Å². The molecule has 0 radical (unpaired) electrons. The highest BCUT2D eigenvalue weighted by molar-refractivity contribution is 7.80. The maximum Gasteiger partial charge on any atom is 0.174 e. The average molecular weight is 443 g/mol. The van der Waals surface area contributed by atoms with E-state index in [-0.39, 0.29) is 17.9 Å². The molecule has 32 heavy (non-hydrogen) atoms. The molecule has 0 spiro atoms. The van der Waals surface area contributed by atoms with Crippen LogP contribution in [0.5, 0.6) is 0 Å². The molecule has 1 aliphatic rings. The molecule has 0 bridgehead atoms. The minimum absolute atomic E-state index is 0.160. The van der Waals surface area contributed by atoms with Crippen molar-refractivity contribution in [1.29, 1.82) is 0 Å². The first-order chi connectivity index (χ1) is 15.5. The van der Waals surface area contributed by atoms with Crippen LogP contribution in [-0.2, 0) is 0 Å². The number of pyridine rings is 1. The van der Waals surface area contributed by atoms with E-state index < -0.39 is 0 Å². The molecule has 0 unspecified atom stereocenters. The van der Waals surface area contributed by atoms with Gasteiger partial charge in [0.2, 0.25) is 0 Å². The smallest absolute Gasteiger partial charge is 0.174 e. The van der Waals surface area contributed by atoms with Gasteiger partial charge in [-0.05, 0) is 85.7 Å². The van der Waals surface area contributed by atoms with Crippen molar-refractivity contribution in [3.63, 3.8) is 0 Å². The summed E-state index contributed by atoms with van der Waals surface area (Å²) in [5.74, 6) is -0.229. The maximum atomic E-state index is 14.0. The quantitative estimate of drug-likeness (QED) is 0.405. The molecule has 0 amide bonds. The molecule has 160 valence electrons. The third-order valence-electron chi connectivity index (χ3n) is 5.98. The van der Waals surface area contributed by atoms with Gasteiger partial charge >= 0.3 is 0 Å². The number of anilines is 1. The fourth-order valence-corrected chi connectivity index (χ4v) is 4.75. The van der Waals surface area contributed by atoms with Crippen LogP contribution in [0, 0.1) is 19.7 Å². The number of halogens is 1. The molecular formula is C26H23FN4S. The second-order valence-electron chi connectivity index (χ2n) is 8.02. The lowest BCUT2D eigenvalue weighted by Gasteiger charge is -2.29. The Hall–Kier alpha value is -3.51. The molecule has 2 atom stereocenters. The van der Waals surface area contributed by atoms with Crippen LogP contribution in [0.3, 0.4) is 0 Å². The monoisotopic (exact) mass is 442 g/mol. The Morgan fingerprint density at radius 3 is 2.50 bits per heavy atom. The second-order valence-corrected chi connectivity index (χ2v) is 8.41. The van der Waals surface area contributed by atoms with Gasteiger partial charge in [0.15, 0.2) is 5.11 Å². The molecule has 1 saturated heterocycles. The summed E-state index contributed by atoms with van der Waals surface area (Å²) in [6, 6.07) is 23.2. The van der Waals surface area contributed by atoms with Gasteiger partial charge in [-0.3, -0.25) is 4.98 Å². The van der Waals surface area contributed by atoms with Gasteiger partial charge in [0.05, 0.1) is 11.7 Å². The number of benzene rings is 2. The number of hydrogen-bond acceptors (Lipinski definition) is 2. The number of aromatic nitrogens is 2. The molecule has 6 heteroatoms. The van der Waals surface area contributed by atoms with Crippen LogP contribution < -0.4 is 10.2 Å². The molecule has 0 saturated carbocycles. The van der Waals surface area contributed by atoms with Gasteiger partial charge in [-0.25, -0.2) is 4.39 Å². The Morgan fingerprint density at radius 1 is 0.938 bits per heavy atom. The Balaban J connectivity index is 1.69. The van der Waals surface area contributed by atoms with Crippen LogP contribution in [-0.4, -0.2) is 14.7 Å². The Morgan fingerprint density at radius 2 is 1.75 bits per heavy atom. The van der Waals surface area contributed by atoms with Gasteiger partial charge in [0.25, 0.3) is 0 Å². The molecule has 2 aromatic carbocycles. The zero-order valence-corrected chi connectivity index (χ0v) is 18.7. The molecule has 5 rings (SSSR count). The minimum Gasteiger partial charge on any atom is -0.351 e. The van der Waals surface area contributed by atoms with E-state index in [1.54, 1.807) is 19.2 Å². The maximum absolute atomic E-state index is 14.0. The van der Waals surface area contributed by atoms with Gasteiger partial charge in [0, 0.05) is 29.5 Å². The van der Waals surface area contributed by atoms with Gasteiger partial charge in [0.1, 0.15) is 11.9 Å². The summed E-state index contributed by atoms with van der Waals surface area (Å²) in [6.45, 7) is 3.88. The number of aryl methyl sites for hydroxylation is 2. The first-order valence-electron chi connectivity index (χ1n) is 10.5. The van der Waals surface area contributed by atoms with E-state index >= 15 is 0 Å². The molecule has 4 aromatic rings. The summed E-state index contributed by atoms with van der Waals surface area (Å²) >= 11 is 5.80. The third-order valence-corrected chi connectivity index (χ3v) is 6.29. The molecule has 3 heterocycles. The number of thiocarbonyl (C=S) groups is 1. The van der Waals surface area contributed by atoms with Crippen LogP contribution in [0.4, 0.5) is 10.1 Å². The molecule has 0 aliphatic carbocycles. The van der Waals surface area contributed by atoms with Crippen LogP contribution in [0.15, 0.2) is 85.2 Å². The highest BCUT2D eigenvalue weighted by Gasteiger charge is 2.42. The van der Waals surface area contributed by atoms with Gasteiger partial charge in [-0.1, -0.05) is 24.3 Å². The van der Waals surface area contributed by atoms with Gasteiger partial charge < -0.3 is 14.8 Å². The molecule has 1 fully saturated rings. The largest absolute Gasteiger partial charge is 0.351 e. The number of para-hydroxylation sites is 1. The molecule has 1 N–H and O–H groups in total. The minimum atomic E-state index is -0.229.